The second-order valence-electron chi connectivity index (χ2n) is 3.60. The smallest absolute Gasteiger partial charge is 0.417 e. The lowest BCUT2D eigenvalue weighted by molar-refractivity contribution is -0.137. The SMILES string of the molecule is O=C(O)Nc1ccc(C=CC(F)(F)F)c(C(F)(F)F)c1. The number of halogens is 6. The molecule has 3 nitrogen and oxygen atoms in total. The molecule has 0 unspecified atom stereocenters. The summed E-state index contributed by atoms with van der Waals surface area (Å²) < 4.78 is 74.0. The molecule has 0 radical (unpaired) electrons. The lowest BCUT2D eigenvalue weighted by Gasteiger charge is -2.12. The average Bonchev–Trinajstić information content (AvgIpc) is 2.24. The molecule has 20 heavy (non-hydrogen) atoms. The van der Waals surface area contributed by atoms with Crippen molar-refractivity contribution in [3.8, 4) is 0 Å². The average molecular weight is 299 g/mol. The van der Waals surface area contributed by atoms with Crippen molar-refractivity contribution in [1.29, 1.82) is 0 Å². The molecule has 0 aliphatic carbocycles. The van der Waals surface area contributed by atoms with Gasteiger partial charge >= 0.3 is 18.4 Å². The molecule has 0 atom stereocenters. The quantitative estimate of drug-likeness (QED) is 0.797. The normalized spacial score (nSPS) is 12.7. The first-order valence-electron chi connectivity index (χ1n) is 4.96. The Labute approximate surface area is 108 Å². The number of alkyl halides is 6. The Bertz CT molecular complexity index is 533. The number of nitrogens with one attached hydrogen (secondary N) is 1. The van der Waals surface area contributed by atoms with Gasteiger partial charge in [-0.05, 0) is 23.8 Å². The Morgan fingerprint density at radius 2 is 1.75 bits per heavy atom. The molecule has 2 N–H and O–H groups in total. The Morgan fingerprint density at radius 1 is 1.15 bits per heavy atom. The summed E-state index contributed by atoms with van der Waals surface area (Å²) in [5.41, 5.74) is -2.48. The van der Waals surface area contributed by atoms with E-state index in [4.69, 9.17) is 5.11 Å². The van der Waals surface area contributed by atoms with Gasteiger partial charge in [-0.3, -0.25) is 5.32 Å². The van der Waals surface area contributed by atoms with Crippen molar-refractivity contribution in [2.24, 2.45) is 0 Å². The first kappa shape index (κ1) is 15.9. The highest BCUT2D eigenvalue weighted by molar-refractivity contribution is 5.83. The summed E-state index contributed by atoms with van der Waals surface area (Å²) in [6.45, 7) is 0. The maximum Gasteiger partial charge on any atom is 0.417 e. The second-order valence-corrected chi connectivity index (χ2v) is 3.60. The van der Waals surface area contributed by atoms with Gasteiger partial charge in [0.05, 0.1) is 5.56 Å². The number of anilines is 1. The van der Waals surface area contributed by atoms with Crippen molar-refractivity contribution in [2.75, 3.05) is 5.32 Å². The fourth-order valence-corrected chi connectivity index (χ4v) is 1.33. The largest absolute Gasteiger partial charge is 0.465 e. The van der Waals surface area contributed by atoms with Crippen LogP contribution in [0.1, 0.15) is 11.1 Å². The molecule has 0 aromatic heterocycles. The predicted octanol–water partition coefficient (Wildman–Crippen LogP) is 4.37. The van der Waals surface area contributed by atoms with E-state index in [1.54, 1.807) is 5.32 Å². The zero-order valence-corrected chi connectivity index (χ0v) is 9.51. The Kier molecular flexibility index (Phi) is 4.31. The maximum atomic E-state index is 12.7. The van der Waals surface area contributed by atoms with Gasteiger partial charge in [-0.2, -0.15) is 26.3 Å². The van der Waals surface area contributed by atoms with E-state index in [0.717, 1.165) is 12.1 Å². The van der Waals surface area contributed by atoms with Crippen LogP contribution in [-0.4, -0.2) is 17.4 Å². The van der Waals surface area contributed by atoms with Gasteiger partial charge < -0.3 is 5.11 Å². The van der Waals surface area contributed by atoms with E-state index < -0.39 is 35.3 Å². The number of benzene rings is 1. The number of carboxylic acid groups (broad SMARTS) is 1. The summed E-state index contributed by atoms with van der Waals surface area (Å²) >= 11 is 0. The van der Waals surface area contributed by atoms with Crippen molar-refractivity contribution < 1.29 is 36.2 Å². The number of allylic oxidation sites excluding steroid dienone is 1. The van der Waals surface area contributed by atoms with Crippen LogP contribution in [0.5, 0.6) is 0 Å². The molecule has 0 saturated heterocycles. The van der Waals surface area contributed by atoms with E-state index in [2.05, 4.69) is 0 Å². The van der Waals surface area contributed by atoms with Crippen molar-refractivity contribution in [3.05, 3.63) is 35.4 Å². The van der Waals surface area contributed by atoms with Gasteiger partial charge in [0.15, 0.2) is 0 Å². The topological polar surface area (TPSA) is 49.3 Å². The Hall–Kier alpha value is -2.19. The molecule has 9 heteroatoms. The van der Waals surface area contributed by atoms with Crippen LogP contribution in [0.3, 0.4) is 0 Å². The van der Waals surface area contributed by atoms with Gasteiger partial charge in [-0.15, -0.1) is 0 Å². The first-order chi connectivity index (χ1) is 8.99. The molecule has 0 saturated carbocycles. The standard InChI is InChI=1S/C11H7F6NO2/c12-10(13,14)4-3-6-1-2-7(18-9(19)20)5-8(6)11(15,16)17/h1-5,18H,(H,19,20). The summed E-state index contributed by atoms with van der Waals surface area (Å²) in [7, 11) is 0. The Balaban J connectivity index is 3.24. The summed E-state index contributed by atoms with van der Waals surface area (Å²) in [6.07, 6.45) is -11.3. The summed E-state index contributed by atoms with van der Waals surface area (Å²) in [4.78, 5) is 10.3. The highest BCUT2D eigenvalue weighted by Crippen LogP contribution is 2.35. The zero-order chi connectivity index (χ0) is 15.6. The van der Waals surface area contributed by atoms with Crippen LogP contribution in [0.15, 0.2) is 24.3 Å². The number of carbonyl (C=O) groups is 1. The third kappa shape index (κ3) is 4.82. The van der Waals surface area contributed by atoms with Crippen LogP contribution in [0, 0.1) is 0 Å². The molecule has 1 aromatic rings. The van der Waals surface area contributed by atoms with Crippen molar-refractivity contribution >= 4 is 17.9 Å². The van der Waals surface area contributed by atoms with Gasteiger partial charge in [-0.25, -0.2) is 4.79 Å². The monoisotopic (exact) mass is 299 g/mol. The molecule has 0 fully saturated rings. The number of rotatable bonds is 2. The van der Waals surface area contributed by atoms with Gasteiger partial charge in [0.25, 0.3) is 0 Å². The van der Waals surface area contributed by atoms with Crippen LogP contribution in [0.4, 0.5) is 36.8 Å². The van der Waals surface area contributed by atoms with Crippen molar-refractivity contribution in [3.63, 3.8) is 0 Å². The third-order valence-electron chi connectivity index (χ3n) is 2.06. The minimum Gasteiger partial charge on any atom is -0.465 e. The van der Waals surface area contributed by atoms with Gasteiger partial charge in [0, 0.05) is 11.8 Å². The lowest BCUT2D eigenvalue weighted by Crippen LogP contribution is -2.12. The van der Waals surface area contributed by atoms with E-state index in [0.29, 0.717) is 6.07 Å². The maximum absolute atomic E-state index is 12.7. The van der Waals surface area contributed by atoms with Crippen molar-refractivity contribution in [2.45, 2.75) is 12.4 Å². The minimum absolute atomic E-state index is 0.271. The summed E-state index contributed by atoms with van der Waals surface area (Å²) in [5, 5.41) is 10.1. The fraction of sp³-hybridized carbons (Fsp3) is 0.182. The summed E-state index contributed by atoms with van der Waals surface area (Å²) in [5.74, 6) is 0. The highest BCUT2D eigenvalue weighted by atomic mass is 19.4. The van der Waals surface area contributed by atoms with Crippen LogP contribution in [-0.2, 0) is 6.18 Å². The van der Waals surface area contributed by atoms with Crippen LogP contribution in [0.25, 0.3) is 6.08 Å². The molecule has 1 amide bonds. The van der Waals surface area contributed by atoms with E-state index in [1.807, 2.05) is 0 Å². The number of hydrogen-bond donors (Lipinski definition) is 2. The molecule has 1 aromatic carbocycles. The summed E-state index contributed by atoms with van der Waals surface area (Å²) in [6, 6.07) is 2.10. The molecule has 0 spiro atoms. The third-order valence-corrected chi connectivity index (χ3v) is 2.06. The van der Waals surface area contributed by atoms with Crippen LogP contribution < -0.4 is 5.32 Å². The molecular formula is C11H7F6NO2. The Morgan fingerprint density at radius 3 is 2.20 bits per heavy atom. The molecule has 0 heterocycles. The molecular weight excluding hydrogens is 292 g/mol. The number of hydrogen-bond acceptors (Lipinski definition) is 1. The molecule has 0 aliphatic heterocycles. The zero-order valence-electron chi connectivity index (χ0n) is 9.51. The van der Waals surface area contributed by atoms with E-state index in [-0.39, 0.29) is 12.2 Å². The predicted molar refractivity (Wildman–Crippen MR) is 58.2 cm³/mol. The lowest BCUT2D eigenvalue weighted by atomic mass is 10.1. The first-order valence-corrected chi connectivity index (χ1v) is 4.96. The molecule has 0 bridgehead atoms. The second kappa shape index (κ2) is 5.43. The molecule has 0 aliphatic rings. The minimum atomic E-state index is -4.92. The fourth-order valence-electron chi connectivity index (χ4n) is 1.33. The van der Waals surface area contributed by atoms with Crippen LogP contribution in [0.2, 0.25) is 0 Å². The molecule has 110 valence electrons. The van der Waals surface area contributed by atoms with Crippen LogP contribution >= 0.6 is 0 Å². The van der Waals surface area contributed by atoms with E-state index in [9.17, 15) is 31.1 Å². The van der Waals surface area contributed by atoms with Gasteiger partial charge in [-0.1, -0.05) is 6.07 Å². The highest BCUT2D eigenvalue weighted by Gasteiger charge is 2.33. The van der Waals surface area contributed by atoms with Gasteiger partial charge in [0.1, 0.15) is 0 Å². The van der Waals surface area contributed by atoms with E-state index >= 15 is 0 Å². The van der Waals surface area contributed by atoms with E-state index in [1.165, 1.54) is 0 Å². The molecule has 1 rings (SSSR count). The van der Waals surface area contributed by atoms with Gasteiger partial charge in [0.2, 0.25) is 0 Å². The van der Waals surface area contributed by atoms with Crippen molar-refractivity contribution in [1.82, 2.24) is 0 Å². The number of amides is 1.